The van der Waals surface area contributed by atoms with Crippen LogP contribution in [0.2, 0.25) is 0 Å². The van der Waals surface area contributed by atoms with Crippen molar-refractivity contribution in [1.82, 2.24) is 0 Å². The average Bonchev–Trinajstić information content (AvgIpc) is 2.31. The lowest BCUT2D eigenvalue weighted by molar-refractivity contribution is 0.612. The molecule has 1 heterocycles. The van der Waals surface area contributed by atoms with E-state index in [1.165, 1.54) is 0 Å². The van der Waals surface area contributed by atoms with Gasteiger partial charge in [-0.05, 0) is 37.1 Å². The number of nitrogens with two attached hydrogens (primary N) is 1. The summed E-state index contributed by atoms with van der Waals surface area (Å²) in [5.74, 6) is 0.959. The first-order valence-electron chi connectivity index (χ1n) is 6.41. The predicted octanol–water partition coefficient (Wildman–Crippen LogP) is 3.10. The van der Waals surface area contributed by atoms with Crippen molar-refractivity contribution in [2.75, 3.05) is 23.7 Å². The summed E-state index contributed by atoms with van der Waals surface area (Å²) >= 11 is 1.99. The molecule has 18 heavy (non-hydrogen) atoms. The van der Waals surface area contributed by atoms with Gasteiger partial charge in [0.1, 0.15) is 5.82 Å². The maximum Gasteiger partial charge on any atom is 0.126 e. The number of thioether (sulfide) groups is 1. The van der Waals surface area contributed by atoms with Gasteiger partial charge >= 0.3 is 0 Å². The maximum absolute atomic E-state index is 13.7. The third-order valence-electron chi connectivity index (χ3n) is 3.38. The molecule has 1 aromatic rings. The zero-order chi connectivity index (χ0) is 13.3. The van der Waals surface area contributed by atoms with Crippen molar-refractivity contribution < 1.29 is 4.39 Å². The summed E-state index contributed by atoms with van der Waals surface area (Å²) in [6, 6.07) is 3.40. The van der Waals surface area contributed by atoms with E-state index in [0.29, 0.717) is 10.8 Å². The molecule has 2 atom stereocenters. The van der Waals surface area contributed by atoms with E-state index in [1.54, 1.807) is 6.07 Å². The van der Waals surface area contributed by atoms with E-state index >= 15 is 0 Å². The molecule has 0 bridgehead atoms. The highest BCUT2D eigenvalue weighted by atomic mass is 32.2. The van der Waals surface area contributed by atoms with Gasteiger partial charge in [0, 0.05) is 35.8 Å². The molecule has 0 saturated carbocycles. The second-order valence-corrected chi connectivity index (χ2v) is 6.62. The van der Waals surface area contributed by atoms with Gasteiger partial charge in [0.05, 0.1) is 0 Å². The Morgan fingerprint density at radius 1 is 1.50 bits per heavy atom. The third kappa shape index (κ3) is 2.81. The summed E-state index contributed by atoms with van der Waals surface area (Å²) in [5, 5.41) is 0.616. The van der Waals surface area contributed by atoms with Crippen LogP contribution in [-0.2, 0) is 0 Å². The Balaban J connectivity index is 2.38. The van der Waals surface area contributed by atoms with Crippen LogP contribution in [0.5, 0.6) is 0 Å². The zero-order valence-electron chi connectivity index (χ0n) is 11.2. The Morgan fingerprint density at radius 3 is 2.83 bits per heavy atom. The van der Waals surface area contributed by atoms with E-state index in [9.17, 15) is 4.39 Å². The number of anilines is 1. The molecule has 0 radical (unpaired) electrons. The fourth-order valence-electron chi connectivity index (χ4n) is 2.36. The van der Waals surface area contributed by atoms with Crippen LogP contribution in [0.25, 0.3) is 0 Å². The Labute approximate surface area is 113 Å². The highest BCUT2D eigenvalue weighted by Crippen LogP contribution is 2.31. The molecule has 4 heteroatoms. The minimum atomic E-state index is -0.162. The SMILES string of the molecule is Cc1cc(N2CCSC(C)C2)c([C@@H](C)N)cc1F. The Morgan fingerprint density at radius 2 is 2.22 bits per heavy atom. The van der Waals surface area contributed by atoms with Crippen molar-refractivity contribution in [2.45, 2.75) is 32.1 Å². The minimum Gasteiger partial charge on any atom is -0.369 e. The molecule has 1 aliphatic heterocycles. The van der Waals surface area contributed by atoms with Crippen molar-refractivity contribution in [3.63, 3.8) is 0 Å². The summed E-state index contributed by atoms with van der Waals surface area (Å²) in [4.78, 5) is 2.34. The predicted molar refractivity (Wildman–Crippen MR) is 77.9 cm³/mol. The van der Waals surface area contributed by atoms with Gasteiger partial charge in [0.2, 0.25) is 0 Å². The molecule has 2 rings (SSSR count). The molecule has 0 amide bonds. The second-order valence-electron chi connectivity index (χ2n) is 5.08. The molecule has 1 aliphatic rings. The van der Waals surface area contributed by atoms with Crippen molar-refractivity contribution in [3.05, 3.63) is 29.1 Å². The topological polar surface area (TPSA) is 29.3 Å². The molecule has 1 unspecified atom stereocenters. The first-order chi connectivity index (χ1) is 8.49. The van der Waals surface area contributed by atoms with Crippen LogP contribution in [0, 0.1) is 12.7 Å². The first kappa shape index (κ1) is 13.7. The Kier molecular flexibility index (Phi) is 4.17. The van der Waals surface area contributed by atoms with Crippen LogP contribution < -0.4 is 10.6 Å². The molecule has 2 N–H and O–H groups in total. The van der Waals surface area contributed by atoms with Crippen LogP contribution in [0.15, 0.2) is 12.1 Å². The lowest BCUT2D eigenvalue weighted by Gasteiger charge is -2.34. The van der Waals surface area contributed by atoms with Gasteiger partial charge in [0.25, 0.3) is 0 Å². The quantitative estimate of drug-likeness (QED) is 0.893. The van der Waals surface area contributed by atoms with Crippen molar-refractivity contribution in [3.8, 4) is 0 Å². The van der Waals surface area contributed by atoms with E-state index in [0.717, 1.165) is 30.1 Å². The Hall–Kier alpha value is -0.740. The van der Waals surface area contributed by atoms with Gasteiger partial charge in [-0.15, -0.1) is 0 Å². The highest BCUT2D eigenvalue weighted by molar-refractivity contribution is 8.00. The van der Waals surface area contributed by atoms with Gasteiger partial charge in [0.15, 0.2) is 0 Å². The molecule has 1 fully saturated rings. The highest BCUT2D eigenvalue weighted by Gasteiger charge is 2.21. The van der Waals surface area contributed by atoms with Gasteiger partial charge in [-0.2, -0.15) is 11.8 Å². The number of nitrogens with zero attached hydrogens (tertiary/aromatic N) is 1. The molecular weight excluding hydrogens is 247 g/mol. The second kappa shape index (κ2) is 5.49. The first-order valence-corrected chi connectivity index (χ1v) is 7.46. The zero-order valence-corrected chi connectivity index (χ0v) is 12.1. The van der Waals surface area contributed by atoms with E-state index in [4.69, 9.17) is 5.73 Å². The molecule has 100 valence electrons. The van der Waals surface area contributed by atoms with Crippen molar-refractivity contribution >= 4 is 17.4 Å². The third-order valence-corrected chi connectivity index (χ3v) is 4.52. The summed E-state index contributed by atoms with van der Waals surface area (Å²) in [6.45, 7) is 7.98. The number of rotatable bonds is 2. The fourth-order valence-corrected chi connectivity index (χ4v) is 3.37. The van der Waals surface area contributed by atoms with E-state index in [-0.39, 0.29) is 11.9 Å². The van der Waals surface area contributed by atoms with Gasteiger partial charge in [-0.25, -0.2) is 4.39 Å². The lowest BCUT2D eigenvalue weighted by atomic mass is 10.0. The van der Waals surface area contributed by atoms with Crippen LogP contribution in [0.3, 0.4) is 0 Å². The molecule has 1 aromatic carbocycles. The molecule has 2 nitrogen and oxygen atoms in total. The average molecular weight is 268 g/mol. The Bertz CT molecular complexity index is 434. The molecular formula is C14H21FN2S. The number of hydrogen-bond acceptors (Lipinski definition) is 3. The minimum absolute atomic E-state index is 0.139. The molecule has 1 saturated heterocycles. The lowest BCUT2D eigenvalue weighted by Crippen LogP contribution is -2.37. The largest absolute Gasteiger partial charge is 0.369 e. The van der Waals surface area contributed by atoms with Gasteiger partial charge in [-0.3, -0.25) is 0 Å². The molecule has 0 spiro atoms. The van der Waals surface area contributed by atoms with Crippen LogP contribution >= 0.6 is 11.8 Å². The van der Waals surface area contributed by atoms with Crippen LogP contribution in [0.4, 0.5) is 10.1 Å². The standard InChI is InChI=1S/C14H21FN2S/c1-9-6-14(12(11(3)16)7-13(9)15)17-4-5-18-10(2)8-17/h6-7,10-11H,4-5,8,16H2,1-3H3/t10?,11-/m1/s1. The summed E-state index contributed by atoms with van der Waals surface area (Å²) in [5.41, 5.74) is 8.69. The van der Waals surface area contributed by atoms with Crippen LogP contribution in [0.1, 0.15) is 31.0 Å². The van der Waals surface area contributed by atoms with Crippen molar-refractivity contribution in [1.29, 1.82) is 0 Å². The summed E-state index contributed by atoms with van der Waals surface area (Å²) < 4.78 is 13.7. The van der Waals surface area contributed by atoms with Crippen molar-refractivity contribution in [2.24, 2.45) is 5.73 Å². The normalized spacial score (nSPS) is 22.1. The molecule has 0 aliphatic carbocycles. The maximum atomic E-state index is 13.7. The van der Waals surface area contributed by atoms with E-state index in [2.05, 4.69) is 11.8 Å². The molecule has 0 aromatic heterocycles. The monoisotopic (exact) mass is 268 g/mol. The van der Waals surface area contributed by atoms with Gasteiger partial charge in [-0.1, -0.05) is 6.92 Å². The number of hydrogen-bond donors (Lipinski definition) is 1. The fraction of sp³-hybridized carbons (Fsp3) is 0.571. The summed E-state index contributed by atoms with van der Waals surface area (Å²) in [7, 11) is 0. The smallest absolute Gasteiger partial charge is 0.126 e. The van der Waals surface area contributed by atoms with Crippen LogP contribution in [-0.4, -0.2) is 24.1 Å². The van der Waals surface area contributed by atoms with E-state index < -0.39 is 0 Å². The number of benzene rings is 1. The number of halogens is 1. The number of aryl methyl sites for hydroxylation is 1. The van der Waals surface area contributed by atoms with Gasteiger partial charge < -0.3 is 10.6 Å². The van der Waals surface area contributed by atoms with E-state index in [1.807, 2.05) is 31.7 Å². The summed E-state index contributed by atoms with van der Waals surface area (Å²) in [6.07, 6.45) is 0.